The van der Waals surface area contributed by atoms with Gasteiger partial charge in [0.05, 0.1) is 11.9 Å². The number of nitrogens with zero attached hydrogens (tertiary/aromatic N) is 4. The summed E-state index contributed by atoms with van der Waals surface area (Å²) in [6.45, 7) is 3.70. The summed E-state index contributed by atoms with van der Waals surface area (Å²) >= 11 is 0. The number of fused-ring (bicyclic) bond motifs is 1. The zero-order valence-corrected chi connectivity index (χ0v) is 9.51. The molecule has 3 rings (SSSR count). The van der Waals surface area contributed by atoms with Crippen molar-refractivity contribution in [3.05, 3.63) is 30.2 Å². The van der Waals surface area contributed by atoms with E-state index < -0.39 is 0 Å². The maximum atomic E-state index is 6.05. The highest BCUT2D eigenvalue weighted by Gasteiger charge is 2.14. The summed E-state index contributed by atoms with van der Waals surface area (Å²) in [5.74, 6) is 0.602. The van der Waals surface area contributed by atoms with Crippen LogP contribution in [0.1, 0.15) is 11.5 Å². The molecule has 3 aromatic rings. The predicted octanol–water partition coefficient (Wildman–Crippen LogP) is 1.58. The van der Waals surface area contributed by atoms with Crippen LogP contribution in [-0.4, -0.2) is 19.6 Å². The molecule has 0 spiro atoms. The quantitative estimate of drug-likeness (QED) is 0.685. The molecule has 0 aliphatic carbocycles. The molecule has 0 saturated heterocycles. The van der Waals surface area contributed by atoms with E-state index in [0.29, 0.717) is 23.0 Å². The lowest BCUT2D eigenvalue weighted by Gasteiger charge is -2.06. The standard InChI is InChI=1S/C11H11N5O/c1-6-10(12)9-3-13-5-16(9)15-11(6)8-4-17-7(2)14-8/h3-5H,12H2,1-2H3. The van der Waals surface area contributed by atoms with Crippen LogP contribution in [0.3, 0.4) is 0 Å². The van der Waals surface area contributed by atoms with E-state index in [0.717, 1.165) is 11.1 Å². The third kappa shape index (κ3) is 1.37. The number of aromatic nitrogens is 4. The lowest BCUT2D eigenvalue weighted by Crippen LogP contribution is -2.02. The molecule has 0 atom stereocenters. The van der Waals surface area contributed by atoms with Gasteiger partial charge in [0, 0.05) is 12.5 Å². The Bertz CT molecular complexity index is 697. The molecule has 0 radical (unpaired) electrons. The summed E-state index contributed by atoms with van der Waals surface area (Å²) in [7, 11) is 0. The van der Waals surface area contributed by atoms with Gasteiger partial charge in [-0.1, -0.05) is 0 Å². The Morgan fingerprint density at radius 1 is 1.35 bits per heavy atom. The van der Waals surface area contributed by atoms with Crippen molar-refractivity contribution < 1.29 is 4.42 Å². The van der Waals surface area contributed by atoms with E-state index in [1.807, 2.05) is 6.92 Å². The van der Waals surface area contributed by atoms with Crippen molar-refractivity contribution in [3.63, 3.8) is 0 Å². The zero-order chi connectivity index (χ0) is 12.0. The molecule has 2 N–H and O–H groups in total. The molecule has 3 aromatic heterocycles. The highest BCUT2D eigenvalue weighted by Crippen LogP contribution is 2.26. The number of anilines is 1. The molecular formula is C11H11N5O. The van der Waals surface area contributed by atoms with Crippen molar-refractivity contribution in [2.24, 2.45) is 0 Å². The Labute approximate surface area is 97.1 Å². The number of hydrogen-bond acceptors (Lipinski definition) is 5. The van der Waals surface area contributed by atoms with Gasteiger partial charge in [-0.3, -0.25) is 0 Å². The molecular weight excluding hydrogens is 218 g/mol. The molecule has 3 heterocycles. The summed E-state index contributed by atoms with van der Waals surface area (Å²) in [5, 5.41) is 4.43. The second-order valence-electron chi connectivity index (χ2n) is 3.86. The Hall–Kier alpha value is -2.37. The van der Waals surface area contributed by atoms with E-state index in [1.165, 1.54) is 0 Å². The normalized spacial score (nSPS) is 11.2. The van der Waals surface area contributed by atoms with E-state index in [9.17, 15) is 0 Å². The Balaban J connectivity index is 2.32. The van der Waals surface area contributed by atoms with E-state index in [4.69, 9.17) is 10.2 Å². The first kappa shape index (κ1) is 9.83. The zero-order valence-electron chi connectivity index (χ0n) is 9.51. The maximum absolute atomic E-state index is 6.05. The number of nitrogens with two attached hydrogens (primary N) is 1. The highest BCUT2D eigenvalue weighted by molar-refractivity contribution is 5.77. The van der Waals surface area contributed by atoms with E-state index in [2.05, 4.69) is 15.1 Å². The lowest BCUT2D eigenvalue weighted by atomic mass is 10.1. The van der Waals surface area contributed by atoms with Crippen LogP contribution in [0, 0.1) is 13.8 Å². The van der Waals surface area contributed by atoms with Gasteiger partial charge in [-0.05, 0) is 6.92 Å². The van der Waals surface area contributed by atoms with E-state index in [-0.39, 0.29) is 0 Å². The summed E-state index contributed by atoms with van der Waals surface area (Å²) in [4.78, 5) is 8.28. The average Bonchev–Trinajstić information content (AvgIpc) is 2.91. The third-order valence-corrected chi connectivity index (χ3v) is 2.72. The van der Waals surface area contributed by atoms with Crippen LogP contribution in [0.5, 0.6) is 0 Å². The Kier molecular flexibility index (Phi) is 1.91. The van der Waals surface area contributed by atoms with Gasteiger partial charge in [-0.15, -0.1) is 0 Å². The summed E-state index contributed by atoms with van der Waals surface area (Å²) in [6.07, 6.45) is 4.88. The number of nitrogen functional groups attached to an aromatic ring is 1. The number of aryl methyl sites for hydroxylation is 1. The van der Waals surface area contributed by atoms with Crippen LogP contribution in [0.15, 0.2) is 23.2 Å². The molecule has 0 unspecified atom stereocenters. The van der Waals surface area contributed by atoms with E-state index >= 15 is 0 Å². The fourth-order valence-corrected chi connectivity index (χ4v) is 1.78. The van der Waals surface area contributed by atoms with Crippen LogP contribution < -0.4 is 5.73 Å². The molecule has 0 bridgehead atoms. The second kappa shape index (κ2) is 3.31. The lowest BCUT2D eigenvalue weighted by molar-refractivity contribution is 0.521. The molecule has 0 saturated carbocycles. The van der Waals surface area contributed by atoms with Crippen molar-refractivity contribution in [1.29, 1.82) is 0 Å². The second-order valence-corrected chi connectivity index (χ2v) is 3.86. The molecule has 6 nitrogen and oxygen atoms in total. The minimum atomic E-state index is 0.602. The summed E-state index contributed by atoms with van der Waals surface area (Å²) < 4.78 is 6.83. The largest absolute Gasteiger partial charge is 0.449 e. The smallest absolute Gasteiger partial charge is 0.191 e. The van der Waals surface area contributed by atoms with Crippen molar-refractivity contribution in [2.75, 3.05) is 5.73 Å². The molecule has 0 aliphatic rings. The predicted molar refractivity (Wildman–Crippen MR) is 62.4 cm³/mol. The minimum Gasteiger partial charge on any atom is -0.449 e. The molecule has 6 heteroatoms. The van der Waals surface area contributed by atoms with Crippen LogP contribution in [0.4, 0.5) is 5.69 Å². The average molecular weight is 229 g/mol. The number of imidazole rings is 1. The van der Waals surface area contributed by atoms with Crippen LogP contribution in [0.2, 0.25) is 0 Å². The van der Waals surface area contributed by atoms with Crippen LogP contribution >= 0.6 is 0 Å². The van der Waals surface area contributed by atoms with Crippen molar-refractivity contribution in [1.82, 2.24) is 19.6 Å². The molecule has 86 valence electrons. The topological polar surface area (TPSA) is 82.2 Å². The molecule has 0 fully saturated rings. The molecule has 0 amide bonds. The Morgan fingerprint density at radius 2 is 2.18 bits per heavy atom. The monoisotopic (exact) mass is 229 g/mol. The van der Waals surface area contributed by atoms with Crippen molar-refractivity contribution >= 4 is 11.2 Å². The fraction of sp³-hybridized carbons (Fsp3) is 0.182. The molecule has 0 aliphatic heterocycles. The highest BCUT2D eigenvalue weighted by atomic mass is 16.3. The Morgan fingerprint density at radius 3 is 2.88 bits per heavy atom. The van der Waals surface area contributed by atoms with Gasteiger partial charge in [0.1, 0.15) is 29.5 Å². The fourth-order valence-electron chi connectivity index (χ4n) is 1.78. The van der Waals surface area contributed by atoms with Gasteiger partial charge in [0.2, 0.25) is 0 Å². The van der Waals surface area contributed by atoms with Gasteiger partial charge in [-0.25, -0.2) is 14.5 Å². The van der Waals surface area contributed by atoms with Crippen molar-refractivity contribution in [3.8, 4) is 11.4 Å². The SMILES string of the molecule is Cc1nc(-c2nn3cncc3c(N)c2C)co1. The van der Waals surface area contributed by atoms with Gasteiger partial charge in [-0.2, -0.15) is 5.10 Å². The molecule has 17 heavy (non-hydrogen) atoms. The first-order valence-electron chi connectivity index (χ1n) is 5.17. The number of oxazole rings is 1. The maximum Gasteiger partial charge on any atom is 0.191 e. The van der Waals surface area contributed by atoms with Crippen LogP contribution in [-0.2, 0) is 0 Å². The van der Waals surface area contributed by atoms with Gasteiger partial charge in [0.15, 0.2) is 5.89 Å². The third-order valence-electron chi connectivity index (χ3n) is 2.72. The number of hydrogen-bond donors (Lipinski definition) is 1. The first-order valence-corrected chi connectivity index (χ1v) is 5.17. The first-order chi connectivity index (χ1) is 8.16. The van der Waals surface area contributed by atoms with Gasteiger partial charge >= 0.3 is 0 Å². The minimum absolute atomic E-state index is 0.602. The summed E-state index contributed by atoms with van der Waals surface area (Å²) in [5.41, 5.74) is 9.78. The van der Waals surface area contributed by atoms with E-state index in [1.54, 1.807) is 30.2 Å². The summed E-state index contributed by atoms with van der Waals surface area (Å²) in [6, 6.07) is 0. The molecule has 0 aromatic carbocycles. The number of rotatable bonds is 1. The van der Waals surface area contributed by atoms with Crippen LogP contribution in [0.25, 0.3) is 16.9 Å². The van der Waals surface area contributed by atoms with Gasteiger partial charge in [0.25, 0.3) is 0 Å². The van der Waals surface area contributed by atoms with Gasteiger partial charge < -0.3 is 10.2 Å². The van der Waals surface area contributed by atoms with Crippen molar-refractivity contribution in [2.45, 2.75) is 13.8 Å².